The molecule has 2 heterocycles. The predicted octanol–water partition coefficient (Wildman–Crippen LogP) is 2.56. The van der Waals surface area contributed by atoms with Gasteiger partial charge in [0.05, 0.1) is 11.7 Å². The van der Waals surface area contributed by atoms with Crippen LogP contribution in [0.3, 0.4) is 0 Å². The maximum atomic E-state index is 5.66. The largest absolute Gasteiger partial charge is 0.330 e. The standard InChI is InChI=1S/C16H28N4/c17-9-6-14-7-10-19(12-14)13-15-8-11-20(18-15)16-4-2-1-3-5-16/h8,11,14,16H,1-7,9-10,12-13,17H2. The van der Waals surface area contributed by atoms with Crippen molar-refractivity contribution in [2.45, 2.75) is 57.5 Å². The van der Waals surface area contributed by atoms with Gasteiger partial charge in [0.2, 0.25) is 0 Å². The van der Waals surface area contributed by atoms with Crippen LogP contribution in [0.25, 0.3) is 0 Å². The number of aromatic nitrogens is 2. The molecule has 1 saturated heterocycles. The van der Waals surface area contributed by atoms with Crippen molar-refractivity contribution in [3.63, 3.8) is 0 Å². The van der Waals surface area contributed by atoms with Gasteiger partial charge in [0, 0.05) is 19.3 Å². The normalized spacial score (nSPS) is 25.4. The summed E-state index contributed by atoms with van der Waals surface area (Å²) in [4.78, 5) is 2.54. The third kappa shape index (κ3) is 3.41. The monoisotopic (exact) mass is 276 g/mol. The summed E-state index contributed by atoms with van der Waals surface area (Å²) in [6.07, 6.45) is 11.4. The first kappa shape index (κ1) is 14.1. The molecule has 3 rings (SSSR count). The SMILES string of the molecule is NCCC1CCN(Cc2ccn(C3CCCCC3)n2)C1. The van der Waals surface area contributed by atoms with Gasteiger partial charge in [-0.25, -0.2) is 0 Å². The van der Waals surface area contributed by atoms with Crippen molar-refractivity contribution in [2.24, 2.45) is 11.7 Å². The first-order valence-corrected chi connectivity index (χ1v) is 8.31. The molecule has 0 amide bonds. The Bertz CT molecular complexity index is 408. The van der Waals surface area contributed by atoms with E-state index in [0.29, 0.717) is 6.04 Å². The van der Waals surface area contributed by atoms with E-state index in [4.69, 9.17) is 10.8 Å². The van der Waals surface area contributed by atoms with Crippen molar-refractivity contribution in [1.29, 1.82) is 0 Å². The second-order valence-corrected chi connectivity index (χ2v) is 6.55. The third-order valence-corrected chi connectivity index (χ3v) is 4.94. The summed E-state index contributed by atoms with van der Waals surface area (Å²) in [6, 6.07) is 2.87. The van der Waals surface area contributed by atoms with E-state index in [0.717, 1.165) is 19.0 Å². The first-order valence-electron chi connectivity index (χ1n) is 8.31. The number of nitrogens with two attached hydrogens (primary N) is 1. The molecule has 1 aliphatic heterocycles. The maximum absolute atomic E-state index is 5.66. The molecule has 1 aromatic heterocycles. The molecule has 1 saturated carbocycles. The molecule has 1 aliphatic carbocycles. The van der Waals surface area contributed by atoms with Gasteiger partial charge >= 0.3 is 0 Å². The van der Waals surface area contributed by atoms with Gasteiger partial charge in [-0.1, -0.05) is 19.3 Å². The van der Waals surface area contributed by atoms with E-state index in [9.17, 15) is 0 Å². The lowest BCUT2D eigenvalue weighted by molar-refractivity contribution is 0.300. The van der Waals surface area contributed by atoms with Crippen molar-refractivity contribution in [2.75, 3.05) is 19.6 Å². The summed E-state index contributed by atoms with van der Waals surface area (Å²) in [6.45, 7) is 4.25. The highest BCUT2D eigenvalue weighted by atomic mass is 15.3. The fourth-order valence-corrected chi connectivity index (χ4v) is 3.77. The lowest BCUT2D eigenvalue weighted by Gasteiger charge is -2.22. The molecule has 0 spiro atoms. The maximum Gasteiger partial charge on any atom is 0.0764 e. The molecule has 1 atom stereocenters. The molecule has 0 bridgehead atoms. The van der Waals surface area contributed by atoms with E-state index in [1.54, 1.807) is 0 Å². The Hall–Kier alpha value is -0.870. The summed E-state index contributed by atoms with van der Waals surface area (Å²) in [5.74, 6) is 0.806. The molecular weight excluding hydrogens is 248 g/mol. The fraction of sp³-hybridized carbons (Fsp3) is 0.812. The number of hydrogen-bond donors (Lipinski definition) is 1. The number of hydrogen-bond acceptors (Lipinski definition) is 3. The van der Waals surface area contributed by atoms with Crippen LogP contribution in [0.4, 0.5) is 0 Å². The van der Waals surface area contributed by atoms with Gasteiger partial charge in [-0.05, 0) is 50.8 Å². The van der Waals surface area contributed by atoms with Crippen LogP contribution in [-0.2, 0) is 6.54 Å². The quantitative estimate of drug-likeness (QED) is 0.899. The van der Waals surface area contributed by atoms with Crippen LogP contribution < -0.4 is 5.73 Å². The van der Waals surface area contributed by atoms with E-state index in [2.05, 4.69) is 21.8 Å². The van der Waals surface area contributed by atoms with E-state index in [1.165, 1.54) is 63.7 Å². The Balaban J connectivity index is 1.52. The number of rotatable bonds is 5. The zero-order valence-corrected chi connectivity index (χ0v) is 12.5. The Kier molecular flexibility index (Phi) is 4.73. The minimum absolute atomic E-state index is 0.654. The molecule has 112 valence electrons. The lowest BCUT2D eigenvalue weighted by Crippen LogP contribution is -2.21. The van der Waals surface area contributed by atoms with Crippen molar-refractivity contribution < 1.29 is 0 Å². The lowest BCUT2D eigenvalue weighted by atomic mass is 9.96. The molecule has 4 nitrogen and oxygen atoms in total. The van der Waals surface area contributed by atoms with Crippen LogP contribution in [-0.4, -0.2) is 34.3 Å². The molecular formula is C16H28N4. The van der Waals surface area contributed by atoms with Gasteiger partial charge in [0.15, 0.2) is 0 Å². The van der Waals surface area contributed by atoms with Gasteiger partial charge in [0.25, 0.3) is 0 Å². The summed E-state index contributed by atoms with van der Waals surface area (Å²) < 4.78 is 2.22. The van der Waals surface area contributed by atoms with Gasteiger partial charge in [0.1, 0.15) is 0 Å². The zero-order chi connectivity index (χ0) is 13.8. The van der Waals surface area contributed by atoms with E-state index < -0.39 is 0 Å². The smallest absolute Gasteiger partial charge is 0.0764 e. The first-order chi connectivity index (χ1) is 9.85. The van der Waals surface area contributed by atoms with Gasteiger partial charge in [-0.3, -0.25) is 9.58 Å². The summed E-state index contributed by atoms with van der Waals surface area (Å²) >= 11 is 0. The van der Waals surface area contributed by atoms with Crippen LogP contribution in [0.2, 0.25) is 0 Å². The highest BCUT2D eigenvalue weighted by molar-refractivity contribution is 5.00. The van der Waals surface area contributed by atoms with Crippen LogP contribution in [0.15, 0.2) is 12.3 Å². The molecule has 4 heteroatoms. The average Bonchev–Trinajstić information content (AvgIpc) is 3.11. The van der Waals surface area contributed by atoms with Crippen LogP contribution in [0.1, 0.15) is 56.7 Å². The molecule has 2 N–H and O–H groups in total. The number of nitrogens with zero attached hydrogens (tertiary/aromatic N) is 3. The Morgan fingerprint density at radius 3 is 2.85 bits per heavy atom. The van der Waals surface area contributed by atoms with Crippen LogP contribution >= 0.6 is 0 Å². The van der Waals surface area contributed by atoms with Crippen molar-refractivity contribution in [3.05, 3.63) is 18.0 Å². The summed E-state index contributed by atoms with van der Waals surface area (Å²) in [7, 11) is 0. The Morgan fingerprint density at radius 1 is 1.20 bits per heavy atom. The molecule has 2 fully saturated rings. The molecule has 0 aromatic carbocycles. The van der Waals surface area contributed by atoms with Crippen LogP contribution in [0, 0.1) is 5.92 Å². The minimum atomic E-state index is 0.654. The van der Waals surface area contributed by atoms with Crippen molar-refractivity contribution >= 4 is 0 Å². The summed E-state index contributed by atoms with van der Waals surface area (Å²) in [5.41, 5.74) is 6.90. The fourth-order valence-electron chi connectivity index (χ4n) is 3.77. The molecule has 1 unspecified atom stereocenters. The Labute approximate surface area is 122 Å². The van der Waals surface area contributed by atoms with Gasteiger partial charge in [-0.2, -0.15) is 5.10 Å². The molecule has 2 aliphatic rings. The average molecular weight is 276 g/mol. The minimum Gasteiger partial charge on any atom is -0.330 e. The van der Waals surface area contributed by atoms with Crippen molar-refractivity contribution in [1.82, 2.24) is 14.7 Å². The highest BCUT2D eigenvalue weighted by Gasteiger charge is 2.23. The predicted molar refractivity (Wildman–Crippen MR) is 81.4 cm³/mol. The second kappa shape index (κ2) is 6.72. The molecule has 20 heavy (non-hydrogen) atoms. The molecule has 0 radical (unpaired) electrons. The second-order valence-electron chi connectivity index (χ2n) is 6.55. The van der Waals surface area contributed by atoms with Crippen molar-refractivity contribution in [3.8, 4) is 0 Å². The topological polar surface area (TPSA) is 47.1 Å². The van der Waals surface area contributed by atoms with E-state index in [-0.39, 0.29) is 0 Å². The van der Waals surface area contributed by atoms with Crippen LogP contribution in [0.5, 0.6) is 0 Å². The third-order valence-electron chi connectivity index (χ3n) is 4.94. The molecule has 1 aromatic rings. The zero-order valence-electron chi connectivity index (χ0n) is 12.5. The van der Waals surface area contributed by atoms with E-state index >= 15 is 0 Å². The Morgan fingerprint density at radius 2 is 2.05 bits per heavy atom. The highest BCUT2D eigenvalue weighted by Crippen LogP contribution is 2.27. The van der Waals surface area contributed by atoms with E-state index in [1.807, 2.05) is 0 Å². The number of likely N-dealkylation sites (tertiary alicyclic amines) is 1. The summed E-state index contributed by atoms with van der Waals surface area (Å²) in [5, 5.41) is 4.82. The van der Waals surface area contributed by atoms with Gasteiger partial charge in [-0.15, -0.1) is 0 Å². The van der Waals surface area contributed by atoms with Gasteiger partial charge < -0.3 is 5.73 Å².